The maximum absolute atomic E-state index is 11.9. The molecule has 18 heavy (non-hydrogen) atoms. The number of ketones is 1. The summed E-state index contributed by atoms with van der Waals surface area (Å²) in [6.07, 6.45) is 0.913. The summed E-state index contributed by atoms with van der Waals surface area (Å²) < 4.78 is 12.6. The Kier molecular flexibility index (Phi) is 3.47. The molecule has 1 N–H and O–H groups in total. The highest BCUT2D eigenvalue weighted by atomic mass is 32.1. The van der Waals surface area contributed by atoms with E-state index in [0.717, 1.165) is 0 Å². The maximum atomic E-state index is 11.9. The van der Waals surface area contributed by atoms with Gasteiger partial charge in [0.2, 0.25) is 0 Å². The molecule has 1 amide bonds. The molecule has 0 aromatic heterocycles. The second kappa shape index (κ2) is 4.89. The van der Waals surface area contributed by atoms with Gasteiger partial charge in [-0.1, -0.05) is 12.8 Å². The van der Waals surface area contributed by atoms with Crippen molar-refractivity contribution in [3.63, 3.8) is 0 Å². The molecule has 5 nitrogen and oxygen atoms in total. The lowest BCUT2D eigenvalue weighted by Gasteiger charge is -2.14. The fraction of sp³-hybridized carbons (Fsp3) is 0.333. The van der Waals surface area contributed by atoms with Gasteiger partial charge in [0.05, 0.1) is 19.8 Å². The number of carbonyl (C=O) groups is 2. The first-order valence-electron chi connectivity index (χ1n) is 5.39. The molecule has 0 bridgehead atoms. The van der Waals surface area contributed by atoms with Crippen molar-refractivity contribution in [3.05, 3.63) is 22.8 Å². The van der Waals surface area contributed by atoms with Crippen LogP contribution in [0.15, 0.2) is 6.07 Å². The van der Waals surface area contributed by atoms with Crippen LogP contribution >= 0.6 is 12.8 Å². The lowest BCUT2D eigenvalue weighted by Crippen LogP contribution is -2.16. The fourth-order valence-corrected chi connectivity index (χ4v) is 2.33. The van der Waals surface area contributed by atoms with Gasteiger partial charge in [0.25, 0.3) is 5.91 Å². The van der Waals surface area contributed by atoms with Crippen LogP contribution in [0.4, 0.5) is 0 Å². The maximum Gasteiger partial charge on any atom is 0.261 e. The van der Waals surface area contributed by atoms with Gasteiger partial charge in [-0.05, 0) is 18.1 Å². The van der Waals surface area contributed by atoms with Gasteiger partial charge in [0, 0.05) is 12.0 Å². The Bertz CT molecular complexity index is 527. The predicted molar refractivity (Wildman–Crippen MR) is 68.6 cm³/mol. The van der Waals surface area contributed by atoms with E-state index < -0.39 is 0 Å². The monoisotopic (exact) mass is 267 g/mol. The molecule has 0 saturated heterocycles. The van der Waals surface area contributed by atoms with Crippen LogP contribution < -0.4 is 14.2 Å². The van der Waals surface area contributed by atoms with E-state index in [0.29, 0.717) is 41.0 Å². The zero-order chi connectivity index (χ0) is 13.3. The molecule has 0 radical (unpaired) electrons. The van der Waals surface area contributed by atoms with Gasteiger partial charge in [0.1, 0.15) is 0 Å². The number of benzene rings is 1. The van der Waals surface area contributed by atoms with Crippen LogP contribution in [0.1, 0.15) is 32.7 Å². The normalized spacial score (nSPS) is 13.2. The number of nitrogens with one attached hydrogen (secondary N) is 1. The van der Waals surface area contributed by atoms with E-state index in [-0.39, 0.29) is 11.7 Å². The average molecular weight is 267 g/mol. The number of fused-ring (bicyclic) bond motifs is 1. The third-order valence-corrected chi connectivity index (χ3v) is 3.21. The first-order chi connectivity index (χ1) is 8.63. The molecule has 2 rings (SSSR count). The van der Waals surface area contributed by atoms with E-state index in [2.05, 4.69) is 17.5 Å². The van der Waals surface area contributed by atoms with Gasteiger partial charge >= 0.3 is 0 Å². The number of hydrogen-bond donors (Lipinski definition) is 2. The number of carbonyl (C=O) groups excluding carboxylic acids is 2. The molecular weight excluding hydrogens is 254 g/mol. The van der Waals surface area contributed by atoms with Gasteiger partial charge in [-0.25, -0.2) is 0 Å². The summed E-state index contributed by atoms with van der Waals surface area (Å²) in [5.74, 6) is 0.378. The molecule has 0 unspecified atom stereocenters. The van der Waals surface area contributed by atoms with E-state index in [9.17, 15) is 9.59 Å². The Balaban J connectivity index is 2.72. The van der Waals surface area contributed by atoms with Crippen LogP contribution in [0.3, 0.4) is 0 Å². The van der Waals surface area contributed by atoms with E-state index in [1.54, 1.807) is 6.07 Å². The summed E-state index contributed by atoms with van der Waals surface area (Å²) in [4.78, 5) is 23.6. The lowest BCUT2D eigenvalue weighted by atomic mass is 10.0. The minimum atomic E-state index is -0.356. The Morgan fingerprint density at radius 1 is 1.33 bits per heavy atom. The van der Waals surface area contributed by atoms with Gasteiger partial charge in [-0.3, -0.25) is 14.3 Å². The van der Waals surface area contributed by atoms with Gasteiger partial charge in [0.15, 0.2) is 17.3 Å². The number of thiol groups is 1. The second-order valence-electron chi connectivity index (χ2n) is 3.88. The quantitative estimate of drug-likeness (QED) is 0.813. The second-order valence-corrected chi connectivity index (χ2v) is 4.10. The molecule has 0 fully saturated rings. The van der Waals surface area contributed by atoms with E-state index in [4.69, 9.17) is 9.47 Å². The Morgan fingerprint density at radius 3 is 2.61 bits per heavy atom. The fourth-order valence-electron chi connectivity index (χ4n) is 2.21. The molecule has 1 aromatic carbocycles. The summed E-state index contributed by atoms with van der Waals surface area (Å²) >= 11 is 3.75. The molecule has 0 aliphatic heterocycles. The van der Waals surface area contributed by atoms with Gasteiger partial charge < -0.3 is 9.47 Å². The Hall–Kier alpha value is -1.69. The zero-order valence-electron chi connectivity index (χ0n) is 10.1. The van der Waals surface area contributed by atoms with Crippen molar-refractivity contribution in [1.82, 2.24) is 4.72 Å². The molecule has 0 heterocycles. The highest BCUT2D eigenvalue weighted by molar-refractivity contribution is 7.78. The first-order valence-corrected chi connectivity index (χ1v) is 5.84. The van der Waals surface area contributed by atoms with Crippen LogP contribution in [0, 0.1) is 0 Å². The van der Waals surface area contributed by atoms with Crippen molar-refractivity contribution in [2.75, 3.05) is 14.2 Å². The van der Waals surface area contributed by atoms with Crippen molar-refractivity contribution < 1.29 is 19.1 Å². The predicted octanol–water partition coefficient (Wildman–Crippen LogP) is 1.41. The van der Waals surface area contributed by atoms with Crippen LogP contribution in [-0.4, -0.2) is 25.9 Å². The van der Waals surface area contributed by atoms with E-state index in [1.165, 1.54) is 14.2 Å². The molecule has 1 aliphatic carbocycles. The van der Waals surface area contributed by atoms with E-state index in [1.807, 2.05) is 0 Å². The van der Waals surface area contributed by atoms with Crippen molar-refractivity contribution in [1.29, 1.82) is 0 Å². The molecule has 0 spiro atoms. The number of ether oxygens (including phenoxy) is 2. The summed E-state index contributed by atoms with van der Waals surface area (Å²) in [5, 5.41) is 0. The highest BCUT2D eigenvalue weighted by Gasteiger charge is 2.31. The van der Waals surface area contributed by atoms with Crippen LogP contribution in [0.25, 0.3) is 0 Å². The molecule has 0 atom stereocenters. The number of amides is 1. The minimum Gasteiger partial charge on any atom is -0.493 e. The van der Waals surface area contributed by atoms with Crippen molar-refractivity contribution in [2.45, 2.75) is 12.8 Å². The SMILES string of the molecule is COc1cc(C(=O)NS)c2c(c1OC)C(=O)CC2. The standard InChI is InChI=1S/C12H13NO4S/c1-16-9-5-7(12(15)13-18)6-3-4-8(14)10(6)11(9)17-2/h5,18H,3-4H2,1-2H3,(H,13,15). The molecule has 1 aromatic rings. The number of methoxy groups -OCH3 is 2. The average Bonchev–Trinajstić information content (AvgIpc) is 2.78. The molecule has 1 aliphatic rings. The molecule has 6 heteroatoms. The zero-order valence-corrected chi connectivity index (χ0v) is 11.0. The first kappa shape index (κ1) is 12.8. The van der Waals surface area contributed by atoms with Gasteiger partial charge in [-0.15, -0.1) is 0 Å². The summed E-state index contributed by atoms with van der Waals surface area (Å²) in [6.45, 7) is 0. The van der Waals surface area contributed by atoms with E-state index >= 15 is 0 Å². The summed E-state index contributed by atoms with van der Waals surface area (Å²) in [6, 6.07) is 1.57. The minimum absolute atomic E-state index is 0.0334. The largest absolute Gasteiger partial charge is 0.493 e. The number of Topliss-reactive ketones (excluding diaryl/α,β-unsaturated/α-hetero) is 1. The van der Waals surface area contributed by atoms with Gasteiger partial charge in [-0.2, -0.15) is 0 Å². The number of rotatable bonds is 3. The van der Waals surface area contributed by atoms with Crippen molar-refractivity contribution >= 4 is 24.5 Å². The number of hydrogen-bond acceptors (Lipinski definition) is 5. The third kappa shape index (κ3) is 1.82. The Morgan fingerprint density at radius 2 is 2.06 bits per heavy atom. The molecule has 96 valence electrons. The van der Waals surface area contributed by atoms with Crippen molar-refractivity contribution in [3.8, 4) is 11.5 Å². The molecule has 0 saturated carbocycles. The summed E-state index contributed by atoms with van der Waals surface area (Å²) in [5.41, 5.74) is 1.55. The van der Waals surface area contributed by atoms with Crippen molar-refractivity contribution in [2.24, 2.45) is 0 Å². The lowest BCUT2D eigenvalue weighted by molar-refractivity contribution is 0.0980. The van der Waals surface area contributed by atoms with Crippen LogP contribution in [0.2, 0.25) is 0 Å². The van der Waals surface area contributed by atoms with Crippen LogP contribution in [0.5, 0.6) is 11.5 Å². The summed E-state index contributed by atoms with van der Waals surface area (Å²) in [7, 11) is 2.94. The molecular formula is C12H13NO4S. The smallest absolute Gasteiger partial charge is 0.261 e. The van der Waals surface area contributed by atoms with Crippen LogP contribution in [-0.2, 0) is 6.42 Å². The Labute approximate surface area is 110 Å². The highest BCUT2D eigenvalue weighted by Crippen LogP contribution is 2.40. The third-order valence-electron chi connectivity index (χ3n) is 3.00. The topological polar surface area (TPSA) is 64.6 Å².